The second kappa shape index (κ2) is 5.66. The van der Waals surface area contributed by atoms with E-state index in [9.17, 15) is 9.18 Å². The fraction of sp³-hybridized carbons (Fsp3) is 0.188. The van der Waals surface area contributed by atoms with Crippen molar-refractivity contribution >= 4 is 21.7 Å². The van der Waals surface area contributed by atoms with Crippen LogP contribution in [0.1, 0.15) is 27.0 Å². The van der Waals surface area contributed by atoms with Crippen LogP contribution >= 0.6 is 15.9 Å². The van der Waals surface area contributed by atoms with Gasteiger partial charge in [-0.25, -0.2) is 4.39 Å². The van der Waals surface area contributed by atoms with Gasteiger partial charge in [-0.05, 0) is 58.6 Å². The topological polar surface area (TPSA) is 17.1 Å². The van der Waals surface area contributed by atoms with Gasteiger partial charge in [0.1, 0.15) is 5.82 Å². The molecule has 0 saturated carbocycles. The summed E-state index contributed by atoms with van der Waals surface area (Å²) in [5, 5.41) is 0. The lowest BCUT2D eigenvalue weighted by molar-refractivity contribution is 0.0992. The smallest absolute Gasteiger partial charge is 0.167 e. The van der Waals surface area contributed by atoms with Gasteiger partial charge in [-0.2, -0.15) is 0 Å². The Labute approximate surface area is 120 Å². The van der Waals surface area contributed by atoms with E-state index in [0.717, 1.165) is 11.1 Å². The van der Waals surface area contributed by atoms with Gasteiger partial charge in [-0.15, -0.1) is 0 Å². The molecule has 0 amide bonds. The number of hydrogen-bond donors (Lipinski definition) is 0. The summed E-state index contributed by atoms with van der Waals surface area (Å²) >= 11 is 3.08. The maximum atomic E-state index is 13.4. The first-order valence-electron chi connectivity index (χ1n) is 6.02. The quantitative estimate of drug-likeness (QED) is 0.753. The molecule has 0 aromatic heterocycles. The first-order valence-corrected chi connectivity index (χ1v) is 6.81. The van der Waals surface area contributed by atoms with E-state index >= 15 is 0 Å². The summed E-state index contributed by atoms with van der Waals surface area (Å²) in [6.07, 6.45) is 0.294. The van der Waals surface area contributed by atoms with Crippen LogP contribution in [0.5, 0.6) is 0 Å². The van der Waals surface area contributed by atoms with Crippen molar-refractivity contribution in [3.8, 4) is 0 Å². The van der Waals surface area contributed by atoms with Gasteiger partial charge in [0.15, 0.2) is 5.78 Å². The van der Waals surface area contributed by atoms with E-state index in [1.165, 1.54) is 11.6 Å². The molecule has 0 saturated heterocycles. The number of carbonyl (C=O) groups is 1. The Hall–Kier alpha value is -1.48. The molecule has 0 N–H and O–H groups in total. The number of halogens is 2. The summed E-state index contributed by atoms with van der Waals surface area (Å²) < 4.78 is 13.8. The second-order valence-corrected chi connectivity index (χ2v) is 5.50. The number of rotatable bonds is 3. The number of carbonyl (C=O) groups excluding carboxylic acids is 1. The summed E-state index contributed by atoms with van der Waals surface area (Å²) in [7, 11) is 0. The van der Waals surface area contributed by atoms with Crippen LogP contribution in [0.25, 0.3) is 0 Å². The van der Waals surface area contributed by atoms with Crippen molar-refractivity contribution in [3.05, 3.63) is 68.9 Å². The minimum Gasteiger partial charge on any atom is -0.294 e. The lowest BCUT2D eigenvalue weighted by atomic mass is 9.99. The molecule has 1 nitrogen and oxygen atoms in total. The summed E-state index contributed by atoms with van der Waals surface area (Å²) in [6, 6.07) is 10.4. The first-order chi connectivity index (χ1) is 8.97. The van der Waals surface area contributed by atoms with E-state index in [-0.39, 0.29) is 5.78 Å². The van der Waals surface area contributed by atoms with Crippen molar-refractivity contribution in [1.82, 2.24) is 0 Å². The zero-order valence-electron chi connectivity index (χ0n) is 10.8. The number of aryl methyl sites for hydroxylation is 2. The molecular weight excluding hydrogens is 307 g/mol. The van der Waals surface area contributed by atoms with Crippen LogP contribution in [0.4, 0.5) is 4.39 Å². The highest BCUT2D eigenvalue weighted by Gasteiger charge is 2.10. The predicted molar refractivity (Wildman–Crippen MR) is 78.1 cm³/mol. The zero-order chi connectivity index (χ0) is 14.0. The van der Waals surface area contributed by atoms with Crippen molar-refractivity contribution in [1.29, 1.82) is 0 Å². The largest absolute Gasteiger partial charge is 0.294 e. The van der Waals surface area contributed by atoms with E-state index < -0.39 is 5.82 Å². The van der Waals surface area contributed by atoms with Crippen molar-refractivity contribution in [2.24, 2.45) is 0 Å². The average molecular weight is 321 g/mol. The molecule has 3 heteroatoms. The van der Waals surface area contributed by atoms with Gasteiger partial charge in [0, 0.05) is 12.0 Å². The van der Waals surface area contributed by atoms with Crippen LogP contribution in [-0.2, 0) is 6.42 Å². The molecule has 0 radical (unpaired) electrons. The fourth-order valence-corrected chi connectivity index (χ4v) is 2.12. The van der Waals surface area contributed by atoms with Gasteiger partial charge in [0.25, 0.3) is 0 Å². The third kappa shape index (κ3) is 3.29. The maximum Gasteiger partial charge on any atom is 0.167 e. The lowest BCUT2D eigenvalue weighted by Gasteiger charge is -2.05. The lowest BCUT2D eigenvalue weighted by Crippen LogP contribution is -2.04. The monoisotopic (exact) mass is 320 g/mol. The van der Waals surface area contributed by atoms with Gasteiger partial charge in [-0.3, -0.25) is 4.79 Å². The van der Waals surface area contributed by atoms with Crippen molar-refractivity contribution in [2.45, 2.75) is 20.3 Å². The Morgan fingerprint density at radius 3 is 2.47 bits per heavy atom. The highest BCUT2D eigenvalue weighted by molar-refractivity contribution is 9.10. The number of Topliss-reactive ketones (excluding diaryl/α,β-unsaturated/α-hetero) is 1. The molecule has 0 heterocycles. The molecule has 0 aliphatic heterocycles. The summed E-state index contributed by atoms with van der Waals surface area (Å²) in [5.74, 6) is -0.486. The van der Waals surface area contributed by atoms with Gasteiger partial charge in [-0.1, -0.05) is 24.3 Å². The third-order valence-electron chi connectivity index (χ3n) is 3.18. The standard InChI is InChI=1S/C16H14BrFO/c1-10-3-4-12(7-11(10)2)8-16(19)13-5-6-14(17)15(18)9-13/h3-7,9H,8H2,1-2H3. The van der Waals surface area contributed by atoms with Crippen LogP contribution in [-0.4, -0.2) is 5.78 Å². The SMILES string of the molecule is Cc1ccc(CC(=O)c2ccc(Br)c(F)c2)cc1C. The minimum atomic E-state index is -0.411. The molecule has 2 rings (SSSR count). The maximum absolute atomic E-state index is 13.4. The Kier molecular flexibility index (Phi) is 4.15. The number of ketones is 1. The summed E-state index contributed by atoms with van der Waals surface area (Å²) in [5.41, 5.74) is 3.72. The van der Waals surface area contributed by atoms with E-state index in [0.29, 0.717) is 16.5 Å². The zero-order valence-corrected chi connectivity index (χ0v) is 12.4. The summed E-state index contributed by atoms with van der Waals surface area (Å²) in [6.45, 7) is 4.05. The molecule has 0 aliphatic rings. The highest BCUT2D eigenvalue weighted by atomic mass is 79.9. The molecule has 2 aromatic carbocycles. The normalized spacial score (nSPS) is 10.5. The van der Waals surface area contributed by atoms with Gasteiger partial charge in [0.05, 0.1) is 4.47 Å². The van der Waals surface area contributed by atoms with Gasteiger partial charge >= 0.3 is 0 Å². The molecule has 0 unspecified atom stereocenters. The Balaban J connectivity index is 2.20. The van der Waals surface area contributed by atoms with Gasteiger partial charge < -0.3 is 0 Å². The molecule has 0 fully saturated rings. The molecular formula is C16H14BrFO. The van der Waals surface area contributed by atoms with Crippen LogP contribution < -0.4 is 0 Å². The molecule has 0 aliphatic carbocycles. The van der Waals surface area contributed by atoms with Gasteiger partial charge in [0.2, 0.25) is 0 Å². The molecule has 0 atom stereocenters. The van der Waals surface area contributed by atoms with E-state index in [4.69, 9.17) is 0 Å². The average Bonchev–Trinajstić information content (AvgIpc) is 2.37. The van der Waals surface area contributed by atoms with Crippen LogP contribution in [0.3, 0.4) is 0 Å². The molecule has 0 spiro atoms. The van der Waals surface area contributed by atoms with E-state index in [1.807, 2.05) is 32.0 Å². The second-order valence-electron chi connectivity index (χ2n) is 4.65. The fourth-order valence-electron chi connectivity index (χ4n) is 1.87. The number of hydrogen-bond acceptors (Lipinski definition) is 1. The Morgan fingerprint density at radius 1 is 1.11 bits per heavy atom. The third-order valence-corrected chi connectivity index (χ3v) is 3.82. The van der Waals surface area contributed by atoms with Crippen molar-refractivity contribution in [2.75, 3.05) is 0 Å². The Bertz CT molecular complexity index is 635. The van der Waals surface area contributed by atoms with E-state index in [2.05, 4.69) is 15.9 Å². The highest BCUT2D eigenvalue weighted by Crippen LogP contribution is 2.18. The van der Waals surface area contributed by atoms with E-state index in [1.54, 1.807) is 12.1 Å². The molecule has 0 bridgehead atoms. The van der Waals surface area contributed by atoms with Crippen LogP contribution in [0, 0.1) is 19.7 Å². The van der Waals surface area contributed by atoms with Crippen molar-refractivity contribution < 1.29 is 9.18 Å². The number of benzene rings is 2. The summed E-state index contributed by atoms with van der Waals surface area (Å²) in [4.78, 5) is 12.1. The minimum absolute atomic E-state index is 0.0744. The molecule has 2 aromatic rings. The first kappa shape index (κ1) is 13.9. The molecule has 19 heavy (non-hydrogen) atoms. The Morgan fingerprint density at radius 2 is 1.84 bits per heavy atom. The predicted octanol–water partition coefficient (Wildman–Crippen LogP) is 4.63. The molecule has 98 valence electrons. The van der Waals surface area contributed by atoms with Crippen molar-refractivity contribution in [3.63, 3.8) is 0 Å². The van der Waals surface area contributed by atoms with Crippen LogP contribution in [0.15, 0.2) is 40.9 Å². The van der Waals surface area contributed by atoms with Crippen LogP contribution in [0.2, 0.25) is 0 Å².